The first-order chi connectivity index (χ1) is 18.9. The predicted molar refractivity (Wildman–Crippen MR) is 148 cm³/mol. The van der Waals surface area contributed by atoms with Crippen LogP contribution in [-0.4, -0.2) is 57.7 Å². The number of aromatic nitrogens is 2. The normalized spacial score (nSPS) is 13.4. The number of halogens is 1. The minimum atomic E-state index is -1.64. The molecule has 0 unspecified atom stereocenters. The van der Waals surface area contributed by atoms with Gasteiger partial charge in [0.25, 0.3) is 11.5 Å². The van der Waals surface area contributed by atoms with Crippen molar-refractivity contribution in [2.45, 2.75) is 44.9 Å². The molecule has 1 heterocycles. The first-order valence-electron chi connectivity index (χ1n) is 12.6. The minimum absolute atomic E-state index is 0.0271. The Balaban J connectivity index is 1.69. The third-order valence-corrected chi connectivity index (χ3v) is 6.47. The maximum Gasteiger partial charge on any atom is 0.337 e. The second-order valence-electron chi connectivity index (χ2n) is 9.71. The lowest BCUT2D eigenvalue weighted by molar-refractivity contribution is -0.174. The standard InChI is InChI=1S/C28H33ClN4O7/c1-16(2)25(30)28(38)40-15-39-27(37)23(34)13-21(31-26(36)22-14-24(35)33(3)32-22)11-17-7-9-18(10-8-17)19-5-4-6-20(29)12-19/h4-10,12,14,16,21,23,25,32,34H,11,13,15,30H2,1-3H3,(H,31,36)/t21-,23-,25+/m1/s1. The van der Waals surface area contributed by atoms with Crippen molar-refractivity contribution >= 4 is 29.4 Å². The Morgan fingerprint density at radius 3 is 2.33 bits per heavy atom. The SMILES string of the molecule is CC(C)[C@H](N)C(=O)OCOC(=O)[C@H](O)C[C@@H](Cc1ccc(-c2cccc(Cl)c2)cc1)NC(=O)c1cc(=O)n(C)[nH]1. The third kappa shape index (κ3) is 8.54. The maximum absolute atomic E-state index is 12.8. The van der Waals surface area contributed by atoms with E-state index in [1.54, 1.807) is 19.9 Å². The molecule has 3 rings (SSSR count). The number of hydrogen-bond donors (Lipinski definition) is 4. The van der Waals surface area contributed by atoms with Gasteiger partial charge in [-0.3, -0.25) is 24.2 Å². The Morgan fingerprint density at radius 1 is 1.05 bits per heavy atom. The number of carbonyl (C=O) groups excluding carboxylic acids is 3. The van der Waals surface area contributed by atoms with Crippen LogP contribution in [0.4, 0.5) is 0 Å². The Hall–Kier alpha value is -3.93. The summed E-state index contributed by atoms with van der Waals surface area (Å²) in [7, 11) is 1.47. The smallest absolute Gasteiger partial charge is 0.337 e. The Kier molecular flexibility index (Phi) is 10.7. The van der Waals surface area contributed by atoms with Gasteiger partial charge in [-0.25, -0.2) is 4.79 Å². The number of hydrogen-bond acceptors (Lipinski definition) is 8. The molecule has 0 radical (unpaired) electrons. The fourth-order valence-electron chi connectivity index (χ4n) is 3.82. The van der Waals surface area contributed by atoms with Crippen molar-refractivity contribution in [2.75, 3.05) is 6.79 Å². The molecule has 0 saturated carbocycles. The van der Waals surface area contributed by atoms with Crippen LogP contribution in [-0.2, 0) is 32.5 Å². The van der Waals surface area contributed by atoms with Gasteiger partial charge in [0.15, 0.2) is 6.10 Å². The van der Waals surface area contributed by atoms with Crippen LogP contribution in [0.2, 0.25) is 5.02 Å². The molecular weight excluding hydrogens is 540 g/mol. The molecule has 0 saturated heterocycles. The number of H-pyrrole nitrogens is 1. The molecule has 0 spiro atoms. The molecule has 11 nitrogen and oxygen atoms in total. The van der Waals surface area contributed by atoms with Crippen LogP contribution < -0.4 is 16.6 Å². The van der Waals surface area contributed by atoms with E-state index in [1.165, 1.54) is 7.05 Å². The summed E-state index contributed by atoms with van der Waals surface area (Å²) in [6, 6.07) is 14.5. The molecular formula is C28H33ClN4O7. The average molecular weight is 573 g/mol. The van der Waals surface area contributed by atoms with Crippen molar-refractivity contribution < 1.29 is 29.0 Å². The Morgan fingerprint density at radius 2 is 1.73 bits per heavy atom. The lowest BCUT2D eigenvalue weighted by Crippen LogP contribution is -2.41. The van der Waals surface area contributed by atoms with Crippen molar-refractivity contribution in [2.24, 2.45) is 18.7 Å². The van der Waals surface area contributed by atoms with E-state index in [1.807, 2.05) is 42.5 Å². The molecule has 0 aliphatic heterocycles. The molecule has 0 fully saturated rings. The number of rotatable bonds is 12. The number of aliphatic hydroxyl groups excluding tert-OH is 1. The fourth-order valence-corrected chi connectivity index (χ4v) is 4.01. The monoisotopic (exact) mass is 572 g/mol. The highest BCUT2D eigenvalue weighted by Crippen LogP contribution is 2.23. The van der Waals surface area contributed by atoms with Gasteiger partial charge in [0.1, 0.15) is 11.7 Å². The van der Waals surface area contributed by atoms with E-state index in [-0.39, 0.29) is 24.5 Å². The third-order valence-electron chi connectivity index (χ3n) is 6.23. The van der Waals surface area contributed by atoms with Gasteiger partial charge in [-0.1, -0.05) is 61.8 Å². The summed E-state index contributed by atoms with van der Waals surface area (Å²) in [5.41, 5.74) is 8.01. The molecule has 3 aromatic rings. The van der Waals surface area contributed by atoms with Crippen LogP contribution in [0.3, 0.4) is 0 Å². The molecule has 0 aliphatic rings. The second kappa shape index (κ2) is 13.9. The lowest BCUT2D eigenvalue weighted by Gasteiger charge is -2.21. The van der Waals surface area contributed by atoms with Crippen LogP contribution in [0.1, 0.15) is 36.3 Å². The van der Waals surface area contributed by atoms with E-state index in [0.29, 0.717) is 5.02 Å². The van der Waals surface area contributed by atoms with Crippen LogP contribution >= 0.6 is 11.6 Å². The van der Waals surface area contributed by atoms with Gasteiger partial charge >= 0.3 is 11.9 Å². The Bertz CT molecular complexity index is 1380. The Labute approximate surface area is 236 Å². The number of nitrogens with one attached hydrogen (secondary N) is 2. The zero-order chi connectivity index (χ0) is 29.4. The van der Waals surface area contributed by atoms with Crippen molar-refractivity contribution in [3.63, 3.8) is 0 Å². The summed E-state index contributed by atoms with van der Waals surface area (Å²) >= 11 is 6.10. The van der Waals surface area contributed by atoms with E-state index < -0.39 is 48.4 Å². The largest absolute Gasteiger partial charge is 0.427 e. The van der Waals surface area contributed by atoms with Crippen LogP contribution in [0.15, 0.2) is 59.4 Å². The summed E-state index contributed by atoms with van der Waals surface area (Å²) in [5, 5.41) is 16.5. The first kappa shape index (κ1) is 30.6. The number of ether oxygens (including phenoxy) is 2. The number of aromatic amines is 1. The second-order valence-corrected chi connectivity index (χ2v) is 10.2. The van der Waals surface area contributed by atoms with Crippen molar-refractivity contribution in [3.05, 3.63) is 81.2 Å². The topological polar surface area (TPSA) is 166 Å². The molecule has 2 aromatic carbocycles. The highest BCUT2D eigenvalue weighted by Gasteiger charge is 2.26. The quantitative estimate of drug-likeness (QED) is 0.189. The van der Waals surface area contributed by atoms with Gasteiger partial charge in [0.05, 0.1) is 0 Å². The van der Waals surface area contributed by atoms with Crippen molar-refractivity contribution in [3.8, 4) is 11.1 Å². The van der Waals surface area contributed by atoms with E-state index in [9.17, 15) is 24.3 Å². The zero-order valence-electron chi connectivity index (χ0n) is 22.4. The van der Waals surface area contributed by atoms with Crippen LogP contribution in [0.25, 0.3) is 11.1 Å². The van der Waals surface area contributed by atoms with E-state index in [2.05, 4.69) is 10.4 Å². The number of amides is 1. The van der Waals surface area contributed by atoms with Gasteiger partial charge < -0.3 is 25.6 Å². The number of nitrogens with two attached hydrogens (primary N) is 1. The molecule has 214 valence electrons. The van der Waals surface area contributed by atoms with Crippen molar-refractivity contribution in [1.82, 2.24) is 15.1 Å². The van der Waals surface area contributed by atoms with Crippen LogP contribution in [0, 0.1) is 5.92 Å². The molecule has 1 aromatic heterocycles. The van der Waals surface area contributed by atoms with Gasteiger partial charge in [0.2, 0.25) is 6.79 Å². The first-order valence-corrected chi connectivity index (χ1v) is 13.0. The van der Waals surface area contributed by atoms with E-state index in [4.69, 9.17) is 26.8 Å². The molecule has 0 bridgehead atoms. The van der Waals surface area contributed by atoms with Crippen molar-refractivity contribution in [1.29, 1.82) is 0 Å². The molecule has 40 heavy (non-hydrogen) atoms. The number of esters is 2. The molecule has 5 N–H and O–H groups in total. The predicted octanol–water partition coefficient (Wildman–Crippen LogP) is 2.15. The van der Waals surface area contributed by atoms with Gasteiger partial charge in [-0.2, -0.15) is 0 Å². The molecule has 12 heteroatoms. The summed E-state index contributed by atoms with van der Waals surface area (Å²) < 4.78 is 10.9. The number of benzene rings is 2. The van der Waals surface area contributed by atoms with E-state index in [0.717, 1.165) is 27.4 Å². The summed E-state index contributed by atoms with van der Waals surface area (Å²) in [6.07, 6.45) is -1.60. The number of aliphatic hydroxyl groups is 1. The minimum Gasteiger partial charge on any atom is -0.427 e. The summed E-state index contributed by atoms with van der Waals surface area (Å²) in [5.74, 6) is -2.53. The summed E-state index contributed by atoms with van der Waals surface area (Å²) in [4.78, 5) is 48.8. The number of carbonyl (C=O) groups is 3. The maximum atomic E-state index is 12.8. The summed E-state index contributed by atoms with van der Waals surface area (Å²) in [6.45, 7) is 2.78. The number of nitrogens with zero attached hydrogens (tertiary/aromatic N) is 1. The fraction of sp³-hybridized carbons (Fsp3) is 0.357. The molecule has 0 aliphatic carbocycles. The van der Waals surface area contributed by atoms with Gasteiger partial charge in [0, 0.05) is 30.6 Å². The molecule has 1 amide bonds. The molecule has 3 atom stereocenters. The average Bonchev–Trinajstić information content (AvgIpc) is 3.26. The highest BCUT2D eigenvalue weighted by atomic mass is 35.5. The van der Waals surface area contributed by atoms with Gasteiger partial charge in [-0.15, -0.1) is 0 Å². The number of aryl methyl sites for hydroxylation is 1. The van der Waals surface area contributed by atoms with E-state index >= 15 is 0 Å². The lowest BCUT2D eigenvalue weighted by atomic mass is 9.97. The van der Waals surface area contributed by atoms with Gasteiger partial charge in [-0.05, 0) is 41.2 Å². The zero-order valence-corrected chi connectivity index (χ0v) is 23.2. The highest BCUT2D eigenvalue weighted by molar-refractivity contribution is 6.30. The van der Waals surface area contributed by atoms with Crippen LogP contribution in [0.5, 0.6) is 0 Å².